The predicted molar refractivity (Wildman–Crippen MR) is 95.2 cm³/mol. The van der Waals surface area contributed by atoms with Crippen molar-refractivity contribution in [1.29, 1.82) is 0 Å². The topological polar surface area (TPSA) is 94.1 Å². The van der Waals surface area contributed by atoms with E-state index in [1.165, 1.54) is 0 Å². The van der Waals surface area contributed by atoms with Crippen molar-refractivity contribution in [3.63, 3.8) is 0 Å². The molecule has 7 heteroatoms. The second-order valence-electron chi connectivity index (χ2n) is 7.30. The molecule has 0 aromatic heterocycles. The van der Waals surface area contributed by atoms with E-state index in [-0.39, 0.29) is 12.7 Å². The summed E-state index contributed by atoms with van der Waals surface area (Å²) in [6.45, 7) is 5.87. The van der Waals surface area contributed by atoms with Crippen molar-refractivity contribution in [2.45, 2.75) is 64.4 Å². The molecule has 1 amide bonds. The largest absolute Gasteiger partial charge is 0.480 e. The van der Waals surface area contributed by atoms with Crippen LogP contribution >= 0.6 is 0 Å². The van der Waals surface area contributed by atoms with Crippen LogP contribution in [0, 0.1) is 0 Å². The molecular weight excluding hydrogens is 338 g/mol. The van der Waals surface area contributed by atoms with Gasteiger partial charge in [-0.05, 0) is 51.3 Å². The summed E-state index contributed by atoms with van der Waals surface area (Å²) >= 11 is 0. The second kappa shape index (κ2) is 8.89. The first kappa shape index (κ1) is 20.0. The molecule has 7 nitrogen and oxygen atoms in total. The maximum Gasteiger partial charge on any atom is 0.408 e. The first-order valence-corrected chi connectivity index (χ1v) is 8.82. The molecule has 2 unspecified atom stereocenters. The van der Waals surface area contributed by atoms with Gasteiger partial charge in [0.2, 0.25) is 0 Å². The Morgan fingerprint density at radius 2 is 1.96 bits per heavy atom. The average Bonchev–Trinajstić information content (AvgIpc) is 2.55. The van der Waals surface area contributed by atoms with Crippen LogP contribution in [0.2, 0.25) is 0 Å². The summed E-state index contributed by atoms with van der Waals surface area (Å²) in [6, 6.07) is 6.05. The lowest BCUT2D eigenvalue weighted by atomic mass is 10.1. The number of carboxylic acid groups (broad SMARTS) is 1. The first-order valence-electron chi connectivity index (χ1n) is 8.82. The molecule has 1 aliphatic rings. The SMILES string of the molecule is CC(C)(C)OC(=O)NC(Cc1ccc(OC2CCCCO2)cc1)C(=O)O. The molecule has 1 aliphatic heterocycles. The number of rotatable bonds is 6. The van der Waals surface area contributed by atoms with Crippen LogP contribution in [-0.2, 0) is 20.7 Å². The molecule has 0 saturated carbocycles. The molecule has 0 aliphatic carbocycles. The number of benzene rings is 1. The Kier molecular flexibility index (Phi) is 6.85. The third-order valence-corrected chi connectivity index (χ3v) is 3.76. The molecule has 0 spiro atoms. The molecule has 2 rings (SSSR count). The summed E-state index contributed by atoms with van der Waals surface area (Å²) in [4.78, 5) is 23.2. The van der Waals surface area contributed by atoms with Crippen molar-refractivity contribution >= 4 is 12.1 Å². The summed E-state index contributed by atoms with van der Waals surface area (Å²) in [5.74, 6) is -0.445. The molecule has 1 heterocycles. The monoisotopic (exact) mass is 365 g/mol. The fourth-order valence-electron chi connectivity index (χ4n) is 2.55. The number of hydrogen-bond acceptors (Lipinski definition) is 5. The highest BCUT2D eigenvalue weighted by Crippen LogP contribution is 2.20. The lowest BCUT2D eigenvalue weighted by Gasteiger charge is -2.23. The van der Waals surface area contributed by atoms with E-state index in [9.17, 15) is 14.7 Å². The molecule has 2 atom stereocenters. The van der Waals surface area contributed by atoms with Gasteiger partial charge in [0.05, 0.1) is 6.61 Å². The van der Waals surface area contributed by atoms with Gasteiger partial charge in [-0.1, -0.05) is 12.1 Å². The van der Waals surface area contributed by atoms with E-state index in [1.807, 2.05) is 0 Å². The number of aliphatic carboxylic acids is 1. The summed E-state index contributed by atoms with van der Waals surface area (Å²) < 4.78 is 16.4. The maximum absolute atomic E-state index is 11.8. The minimum absolute atomic E-state index is 0.148. The van der Waals surface area contributed by atoms with Crippen molar-refractivity contribution in [2.24, 2.45) is 0 Å². The van der Waals surface area contributed by atoms with Gasteiger partial charge in [0, 0.05) is 12.8 Å². The molecule has 0 bridgehead atoms. The standard InChI is InChI=1S/C19H27NO6/c1-19(2,3)26-18(23)20-15(17(21)22)12-13-7-9-14(10-8-13)25-16-6-4-5-11-24-16/h7-10,15-16H,4-6,11-12H2,1-3H3,(H,20,23)(H,21,22). The highest BCUT2D eigenvalue weighted by atomic mass is 16.7. The number of hydrogen-bond donors (Lipinski definition) is 2. The summed E-state index contributed by atoms with van der Waals surface area (Å²) in [7, 11) is 0. The van der Waals surface area contributed by atoms with Gasteiger partial charge in [0.25, 0.3) is 0 Å². The molecule has 2 N–H and O–H groups in total. The molecule has 1 fully saturated rings. The molecule has 0 radical (unpaired) electrons. The summed E-state index contributed by atoms with van der Waals surface area (Å²) in [6.07, 6.45) is 2.17. The van der Waals surface area contributed by atoms with Crippen molar-refractivity contribution < 1.29 is 28.9 Å². The van der Waals surface area contributed by atoms with E-state index in [2.05, 4.69) is 5.32 Å². The Bertz CT molecular complexity index is 601. The highest BCUT2D eigenvalue weighted by molar-refractivity contribution is 5.80. The van der Waals surface area contributed by atoms with Crippen LogP contribution in [-0.4, -0.2) is 41.7 Å². The van der Waals surface area contributed by atoms with E-state index in [4.69, 9.17) is 14.2 Å². The van der Waals surface area contributed by atoms with Gasteiger partial charge in [-0.25, -0.2) is 9.59 Å². The number of carboxylic acids is 1. The number of carbonyl (C=O) groups excluding carboxylic acids is 1. The van der Waals surface area contributed by atoms with E-state index >= 15 is 0 Å². The molecule has 1 aromatic carbocycles. The quantitative estimate of drug-likeness (QED) is 0.804. The van der Waals surface area contributed by atoms with Gasteiger partial charge in [-0.15, -0.1) is 0 Å². The third-order valence-electron chi connectivity index (χ3n) is 3.76. The van der Waals surface area contributed by atoms with Crippen molar-refractivity contribution in [2.75, 3.05) is 6.61 Å². The number of nitrogens with one attached hydrogen (secondary N) is 1. The van der Waals surface area contributed by atoms with Gasteiger partial charge in [-0.2, -0.15) is 0 Å². The zero-order chi connectivity index (χ0) is 19.2. The van der Waals surface area contributed by atoms with Gasteiger partial charge < -0.3 is 24.6 Å². The van der Waals surface area contributed by atoms with Crippen LogP contribution in [0.5, 0.6) is 5.75 Å². The number of alkyl carbamates (subject to hydrolysis) is 1. The Balaban J connectivity index is 1.91. The number of carbonyl (C=O) groups is 2. The molecule has 144 valence electrons. The van der Waals surface area contributed by atoms with Gasteiger partial charge in [0.15, 0.2) is 6.29 Å². The van der Waals surface area contributed by atoms with Crippen molar-refractivity contribution in [3.05, 3.63) is 29.8 Å². The van der Waals surface area contributed by atoms with E-state index in [0.717, 1.165) is 24.8 Å². The van der Waals surface area contributed by atoms with Gasteiger partial charge in [-0.3, -0.25) is 0 Å². The lowest BCUT2D eigenvalue weighted by molar-refractivity contribution is -0.139. The third kappa shape index (κ3) is 6.92. The number of amides is 1. The maximum atomic E-state index is 11.8. The van der Waals surface area contributed by atoms with Crippen LogP contribution in [0.15, 0.2) is 24.3 Å². The van der Waals surface area contributed by atoms with E-state index in [0.29, 0.717) is 12.4 Å². The predicted octanol–water partition coefficient (Wildman–Crippen LogP) is 3.11. The average molecular weight is 365 g/mol. The second-order valence-corrected chi connectivity index (χ2v) is 7.30. The summed E-state index contributed by atoms with van der Waals surface area (Å²) in [5.41, 5.74) is 0.0817. The van der Waals surface area contributed by atoms with Crippen LogP contribution in [0.1, 0.15) is 45.6 Å². The van der Waals surface area contributed by atoms with Gasteiger partial charge >= 0.3 is 12.1 Å². The molecule has 1 saturated heterocycles. The molecular formula is C19H27NO6. The molecule has 26 heavy (non-hydrogen) atoms. The fourth-order valence-corrected chi connectivity index (χ4v) is 2.55. The highest BCUT2D eigenvalue weighted by Gasteiger charge is 2.24. The van der Waals surface area contributed by atoms with Crippen LogP contribution < -0.4 is 10.1 Å². The Morgan fingerprint density at radius 3 is 2.50 bits per heavy atom. The first-order chi connectivity index (χ1) is 12.2. The normalized spacial score (nSPS) is 18.7. The number of ether oxygens (including phenoxy) is 3. The van der Waals surface area contributed by atoms with E-state index < -0.39 is 23.7 Å². The van der Waals surface area contributed by atoms with Crippen molar-refractivity contribution in [3.8, 4) is 5.75 Å². The van der Waals surface area contributed by atoms with Crippen LogP contribution in [0.3, 0.4) is 0 Å². The van der Waals surface area contributed by atoms with Crippen LogP contribution in [0.4, 0.5) is 4.79 Å². The fraction of sp³-hybridized carbons (Fsp3) is 0.579. The van der Waals surface area contributed by atoms with Crippen LogP contribution in [0.25, 0.3) is 0 Å². The Hall–Kier alpha value is -2.28. The van der Waals surface area contributed by atoms with Gasteiger partial charge in [0.1, 0.15) is 17.4 Å². The minimum Gasteiger partial charge on any atom is -0.480 e. The van der Waals surface area contributed by atoms with E-state index in [1.54, 1.807) is 45.0 Å². The Labute approximate surface area is 153 Å². The molecule has 1 aromatic rings. The smallest absolute Gasteiger partial charge is 0.408 e. The zero-order valence-electron chi connectivity index (χ0n) is 15.5. The van der Waals surface area contributed by atoms with Crippen molar-refractivity contribution in [1.82, 2.24) is 5.32 Å². The zero-order valence-corrected chi connectivity index (χ0v) is 15.5. The minimum atomic E-state index is -1.12. The summed E-state index contributed by atoms with van der Waals surface area (Å²) in [5, 5.41) is 11.7. The lowest BCUT2D eigenvalue weighted by Crippen LogP contribution is -2.44. The Morgan fingerprint density at radius 1 is 1.27 bits per heavy atom.